The molecule has 2 aromatic carbocycles. The topological polar surface area (TPSA) is 85.8 Å². The number of aromatic nitrogens is 1. The summed E-state index contributed by atoms with van der Waals surface area (Å²) in [4.78, 5) is 21.1. The molecule has 8 nitrogen and oxygen atoms in total. The lowest BCUT2D eigenvalue weighted by Gasteiger charge is -2.35. The van der Waals surface area contributed by atoms with Gasteiger partial charge in [-0.1, -0.05) is 24.3 Å². The number of nitrogens with one attached hydrogen (secondary N) is 1. The van der Waals surface area contributed by atoms with E-state index in [0.717, 1.165) is 11.5 Å². The smallest absolute Gasteiger partial charge is 0.255 e. The van der Waals surface area contributed by atoms with Crippen molar-refractivity contribution in [2.24, 2.45) is 0 Å². The molecule has 1 aliphatic heterocycles. The molecule has 0 unspecified atom stereocenters. The number of benzene rings is 2. The predicted octanol–water partition coefficient (Wildman–Crippen LogP) is 2.91. The minimum absolute atomic E-state index is 0.115. The molecule has 33 heavy (non-hydrogen) atoms. The minimum atomic E-state index is -3.70. The molecule has 0 radical (unpaired) electrons. The van der Waals surface area contributed by atoms with Crippen molar-refractivity contribution >= 4 is 33.1 Å². The molecule has 1 fully saturated rings. The maximum absolute atomic E-state index is 13.2. The molecule has 0 spiro atoms. The molecular formula is C24H27N5O3S. The van der Waals surface area contributed by atoms with Crippen LogP contribution in [-0.4, -0.2) is 63.9 Å². The van der Waals surface area contributed by atoms with E-state index in [0.29, 0.717) is 31.9 Å². The van der Waals surface area contributed by atoms with E-state index in [-0.39, 0.29) is 16.4 Å². The van der Waals surface area contributed by atoms with Gasteiger partial charge in [0.25, 0.3) is 5.91 Å². The fourth-order valence-corrected chi connectivity index (χ4v) is 5.17. The quantitative estimate of drug-likeness (QED) is 0.603. The first-order valence-corrected chi connectivity index (χ1v) is 12.1. The van der Waals surface area contributed by atoms with Crippen LogP contribution in [0.15, 0.2) is 77.8 Å². The van der Waals surface area contributed by atoms with Gasteiger partial charge in [0, 0.05) is 51.5 Å². The minimum Gasteiger partial charge on any atom is -0.369 e. The van der Waals surface area contributed by atoms with Gasteiger partial charge in [-0.05, 0) is 42.5 Å². The van der Waals surface area contributed by atoms with Gasteiger partial charge in [-0.25, -0.2) is 13.4 Å². The summed E-state index contributed by atoms with van der Waals surface area (Å²) in [6, 6.07) is 19.7. The summed E-state index contributed by atoms with van der Waals surface area (Å²) in [6.07, 6.45) is 1.57. The number of anilines is 3. The van der Waals surface area contributed by atoms with Crippen molar-refractivity contribution in [2.45, 2.75) is 4.90 Å². The molecule has 2 heterocycles. The second-order valence-corrected chi connectivity index (χ2v) is 9.95. The fourth-order valence-electron chi connectivity index (χ4n) is 3.70. The third kappa shape index (κ3) is 5.15. The van der Waals surface area contributed by atoms with Crippen LogP contribution in [0.3, 0.4) is 0 Å². The number of carbonyl (C=O) groups is 1. The lowest BCUT2D eigenvalue weighted by Crippen LogP contribution is -2.48. The molecule has 1 aromatic heterocycles. The van der Waals surface area contributed by atoms with Crippen molar-refractivity contribution in [1.82, 2.24) is 9.29 Å². The van der Waals surface area contributed by atoms with Crippen LogP contribution in [0.2, 0.25) is 0 Å². The van der Waals surface area contributed by atoms with Crippen molar-refractivity contribution in [3.63, 3.8) is 0 Å². The SMILES string of the molecule is CN(C)c1ccc(NC(=O)c2cccc(S(=O)(=O)N3CCN(c4ccccc4)CC3)c2)cn1. The van der Waals surface area contributed by atoms with Crippen LogP contribution < -0.4 is 15.1 Å². The maximum Gasteiger partial charge on any atom is 0.255 e. The second kappa shape index (κ2) is 9.60. The summed E-state index contributed by atoms with van der Waals surface area (Å²) in [7, 11) is 0.0631. The van der Waals surface area contributed by atoms with Crippen LogP contribution in [0.1, 0.15) is 10.4 Å². The highest BCUT2D eigenvalue weighted by Crippen LogP contribution is 2.22. The Morgan fingerprint density at radius 1 is 0.939 bits per heavy atom. The second-order valence-electron chi connectivity index (χ2n) is 8.01. The van der Waals surface area contributed by atoms with Gasteiger partial charge in [0.05, 0.1) is 16.8 Å². The number of hydrogen-bond donors (Lipinski definition) is 1. The van der Waals surface area contributed by atoms with E-state index < -0.39 is 10.0 Å². The molecule has 4 rings (SSSR count). The van der Waals surface area contributed by atoms with E-state index in [1.165, 1.54) is 16.4 Å². The number of sulfonamides is 1. The number of nitrogens with zero attached hydrogens (tertiary/aromatic N) is 4. The monoisotopic (exact) mass is 465 g/mol. The first-order valence-electron chi connectivity index (χ1n) is 10.7. The number of hydrogen-bond acceptors (Lipinski definition) is 6. The molecule has 1 amide bonds. The molecule has 172 valence electrons. The van der Waals surface area contributed by atoms with Crippen LogP contribution in [0.25, 0.3) is 0 Å². The summed E-state index contributed by atoms with van der Waals surface area (Å²) in [5, 5.41) is 2.77. The molecule has 1 N–H and O–H groups in total. The lowest BCUT2D eigenvalue weighted by atomic mass is 10.2. The Bertz CT molecular complexity index is 1210. The molecule has 0 aliphatic carbocycles. The highest BCUT2D eigenvalue weighted by atomic mass is 32.2. The number of pyridine rings is 1. The molecule has 0 saturated carbocycles. The zero-order chi connectivity index (χ0) is 23.4. The summed E-state index contributed by atoms with van der Waals surface area (Å²) in [6.45, 7) is 1.99. The van der Waals surface area contributed by atoms with Crippen LogP contribution >= 0.6 is 0 Å². The first kappa shape index (κ1) is 22.8. The zero-order valence-electron chi connectivity index (χ0n) is 18.7. The van der Waals surface area contributed by atoms with Crippen LogP contribution in [-0.2, 0) is 10.0 Å². The Balaban J connectivity index is 1.44. The normalized spacial score (nSPS) is 14.7. The molecular weight excluding hydrogens is 438 g/mol. The number of piperazine rings is 1. The van der Waals surface area contributed by atoms with Gasteiger partial charge in [0.15, 0.2) is 0 Å². The van der Waals surface area contributed by atoms with E-state index >= 15 is 0 Å². The Morgan fingerprint density at radius 2 is 1.67 bits per heavy atom. The molecule has 9 heteroatoms. The van der Waals surface area contributed by atoms with Crippen molar-refractivity contribution in [2.75, 3.05) is 55.4 Å². The molecule has 3 aromatic rings. The molecule has 0 bridgehead atoms. The molecule has 1 saturated heterocycles. The standard InChI is InChI=1S/C24H27N5O3S/c1-27(2)23-12-11-20(18-25-23)26-24(30)19-7-6-10-22(17-19)33(31,32)29-15-13-28(14-16-29)21-8-4-3-5-9-21/h3-12,17-18H,13-16H2,1-2H3,(H,26,30). The van der Waals surface area contributed by atoms with Gasteiger partial charge in [0.1, 0.15) is 5.82 Å². The Morgan fingerprint density at radius 3 is 2.30 bits per heavy atom. The average Bonchev–Trinajstić information content (AvgIpc) is 2.85. The van der Waals surface area contributed by atoms with E-state index in [1.54, 1.807) is 30.5 Å². The first-order chi connectivity index (χ1) is 15.8. The van der Waals surface area contributed by atoms with Gasteiger partial charge in [-0.2, -0.15) is 4.31 Å². The van der Waals surface area contributed by atoms with Gasteiger partial charge < -0.3 is 15.1 Å². The third-order valence-electron chi connectivity index (χ3n) is 5.56. The van der Waals surface area contributed by atoms with E-state index in [4.69, 9.17) is 0 Å². The van der Waals surface area contributed by atoms with Gasteiger partial charge >= 0.3 is 0 Å². The molecule has 1 aliphatic rings. The Labute approximate surface area is 194 Å². The van der Waals surface area contributed by atoms with E-state index in [9.17, 15) is 13.2 Å². The molecule has 0 atom stereocenters. The number of para-hydroxylation sites is 1. The van der Waals surface area contributed by atoms with Crippen molar-refractivity contribution in [3.8, 4) is 0 Å². The number of amides is 1. The van der Waals surface area contributed by atoms with Crippen LogP contribution in [0, 0.1) is 0 Å². The van der Waals surface area contributed by atoms with Gasteiger partial charge in [0.2, 0.25) is 10.0 Å². The summed E-state index contributed by atoms with van der Waals surface area (Å²) in [5.74, 6) is 0.383. The lowest BCUT2D eigenvalue weighted by molar-refractivity contribution is 0.102. The maximum atomic E-state index is 13.2. The summed E-state index contributed by atoms with van der Waals surface area (Å²) < 4.78 is 27.9. The van der Waals surface area contributed by atoms with Gasteiger partial charge in [-0.3, -0.25) is 4.79 Å². The number of rotatable bonds is 6. The Kier molecular flexibility index (Phi) is 6.62. The average molecular weight is 466 g/mol. The third-order valence-corrected chi connectivity index (χ3v) is 7.45. The van der Waals surface area contributed by atoms with Crippen molar-refractivity contribution < 1.29 is 13.2 Å². The van der Waals surface area contributed by atoms with Crippen LogP contribution in [0.4, 0.5) is 17.2 Å². The highest BCUT2D eigenvalue weighted by molar-refractivity contribution is 7.89. The summed E-state index contributed by atoms with van der Waals surface area (Å²) in [5.41, 5.74) is 1.90. The predicted molar refractivity (Wildman–Crippen MR) is 130 cm³/mol. The van der Waals surface area contributed by atoms with Crippen molar-refractivity contribution in [3.05, 3.63) is 78.5 Å². The largest absolute Gasteiger partial charge is 0.369 e. The highest BCUT2D eigenvalue weighted by Gasteiger charge is 2.29. The fraction of sp³-hybridized carbons (Fsp3) is 0.250. The van der Waals surface area contributed by atoms with E-state index in [2.05, 4.69) is 15.2 Å². The number of carbonyl (C=O) groups excluding carboxylic acids is 1. The van der Waals surface area contributed by atoms with Gasteiger partial charge in [-0.15, -0.1) is 0 Å². The summed E-state index contributed by atoms with van der Waals surface area (Å²) >= 11 is 0. The van der Waals surface area contributed by atoms with Crippen molar-refractivity contribution in [1.29, 1.82) is 0 Å². The zero-order valence-corrected chi connectivity index (χ0v) is 19.5. The van der Waals surface area contributed by atoms with E-state index in [1.807, 2.05) is 49.3 Å². The Hall–Kier alpha value is -3.43. The van der Waals surface area contributed by atoms with Crippen LogP contribution in [0.5, 0.6) is 0 Å².